The van der Waals surface area contributed by atoms with Crippen LogP contribution in [0.4, 0.5) is 4.79 Å². The molecule has 0 aliphatic rings. The molecule has 15 heavy (non-hydrogen) atoms. The summed E-state index contributed by atoms with van der Waals surface area (Å²) in [7, 11) is 0. The van der Waals surface area contributed by atoms with Crippen LogP contribution in [0.25, 0.3) is 0 Å². The van der Waals surface area contributed by atoms with E-state index in [4.69, 9.17) is 5.11 Å². The van der Waals surface area contributed by atoms with Crippen molar-refractivity contribution in [2.24, 2.45) is 5.92 Å². The van der Waals surface area contributed by atoms with Crippen LogP contribution in [0, 0.1) is 5.92 Å². The normalized spacial score (nSPS) is 13.8. The molecule has 1 atom stereocenters. The highest BCUT2D eigenvalue weighted by atomic mass is 16.3. The molecule has 0 fully saturated rings. The van der Waals surface area contributed by atoms with Crippen LogP contribution >= 0.6 is 0 Å². The lowest BCUT2D eigenvalue weighted by Crippen LogP contribution is -2.51. The van der Waals surface area contributed by atoms with E-state index < -0.39 is 0 Å². The molecule has 90 valence electrons. The van der Waals surface area contributed by atoms with Crippen molar-refractivity contribution in [1.82, 2.24) is 10.6 Å². The fourth-order valence-electron chi connectivity index (χ4n) is 1.26. The van der Waals surface area contributed by atoms with Gasteiger partial charge in [-0.05, 0) is 33.1 Å². The van der Waals surface area contributed by atoms with Crippen molar-refractivity contribution in [3.05, 3.63) is 0 Å². The molecule has 0 saturated heterocycles. The van der Waals surface area contributed by atoms with Crippen LogP contribution in [0.3, 0.4) is 0 Å². The first kappa shape index (κ1) is 14.2. The molecule has 0 radical (unpaired) electrons. The first-order valence-corrected chi connectivity index (χ1v) is 5.46. The van der Waals surface area contributed by atoms with Crippen LogP contribution in [-0.4, -0.2) is 29.3 Å². The monoisotopic (exact) mass is 216 g/mol. The molecule has 0 heterocycles. The second-order valence-corrected chi connectivity index (χ2v) is 5.21. The summed E-state index contributed by atoms with van der Waals surface area (Å²) in [5, 5.41) is 14.6. The van der Waals surface area contributed by atoms with Crippen molar-refractivity contribution in [1.29, 1.82) is 0 Å². The molecule has 4 heteroatoms. The summed E-state index contributed by atoms with van der Waals surface area (Å²) < 4.78 is 0. The maximum Gasteiger partial charge on any atom is 0.315 e. The maximum absolute atomic E-state index is 11.5. The zero-order valence-corrected chi connectivity index (χ0v) is 10.4. The van der Waals surface area contributed by atoms with Crippen molar-refractivity contribution < 1.29 is 9.90 Å². The van der Waals surface area contributed by atoms with Crippen molar-refractivity contribution in [3.63, 3.8) is 0 Å². The van der Waals surface area contributed by atoms with Gasteiger partial charge in [0.2, 0.25) is 0 Å². The lowest BCUT2D eigenvalue weighted by molar-refractivity contribution is 0.212. The zero-order chi connectivity index (χ0) is 12.1. The van der Waals surface area contributed by atoms with Gasteiger partial charge in [0.05, 0.1) is 0 Å². The van der Waals surface area contributed by atoms with Crippen LogP contribution < -0.4 is 10.6 Å². The quantitative estimate of drug-likeness (QED) is 0.667. The van der Waals surface area contributed by atoms with E-state index in [-0.39, 0.29) is 24.2 Å². The molecule has 0 aromatic carbocycles. The number of aliphatic hydroxyl groups is 1. The summed E-state index contributed by atoms with van der Waals surface area (Å²) in [6.07, 6.45) is 0.592. The first-order valence-electron chi connectivity index (χ1n) is 5.46. The van der Waals surface area contributed by atoms with E-state index in [9.17, 15) is 4.79 Å². The van der Waals surface area contributed by atoms with Crippen molar-refractivity contribution in [2.45, 2.75) is 52.6 Å². The number of urea groups is 1. The lowest BCUT2D eigenvalue weighted by Gasteiger charge is -2.26. The van der Waals surface area contributed by atoms with Crippen LogP contribution in [0.1, 0.15) is 41.0 Å². The molecular formula is C11H24N2O2. The van der Waals surface area contributed by atoms with Crippen LogP contribution in [0.15, 0.2) is 0 Å². The third-order valence-electron chi connectivity index (χ3n) is 2.05. The minimum absolute atomic E-state index is 0.0253. The van der Waals surface area contributed by atoms with Gasteiger partial charge in [-0.3, -0.25) is 0 Å². The molecule has 3 N–H and O–H groups in total. The number of amides is 2. The third kappa shape index (κ3) is 7.19. The van der Waals surface area contributed by atoms with E-state index >= 15 is 0 Å². The fraction of sp³-hybridized carbons (Fsp3) is 0.909. The van der Waals surface area contributed by atoms with Gasteiger partial charge in [0.25, 0.3) is 0 Å². The number of nitrogens with one attached hydrogen (secondary N) is 2. The summed E-state index contributed by atoms with van der Waals surface area (Å²) in [5.41, 5.74) is -0.231. The predicted octanol–water partition coefficient (Wildman–Crippen LogP) is 1.49. The molecule has 0 aromatic heterocycles. The molecule has 1 unspecified atom stereocenters. The highest BCUT2D eigenvalue weighted by Crippen LogP contribution is 2.06. The number of carbonyl (C=O) groups excluding carboxylic acids is 1. The summed E-state index contributed by atoms with van der Waals surface area (Å²) in [6.45, 7) is 9.95. The van der Waals surface area contributed by atoms with Gasteiger partial charge in [-0.1, -0.05) is 13.8 Å². The molecule has 0 bridgehead atoms. The maximum atomic E-state index is 11.5. The average Bonchev–Trinajstić information content (AvgIpc) is 1.99. The van der Waals surface area contributed by atoms with E-state index in [0.29, 0.717) is 12.3 Å². The molecule has 4 nitrogen and oxygen atoms in total. The van der Waals surface area contributed by atoms with Gasteiger partial charge >= 0.3 is 6.03 Å². The van der Waals surface area contributed by atoms with Crippen molar-refractivity contribution >= 4 is 6.03 Å². The molecule has 2 amide bonds. The standard InChI is InChI=1S/C11H24N2O2/c1-8(2)9(6-7-14)12-10(15)13-11(3,4)5/h8-9,14H,6-7H2,1-5H3,(H2,12,13,15). The summed E-state index contributed by atoms with van der Waals surface area (Å²) in [4.78, 5) is 11.5. The predicted molar refractivity (Wildman–Crippen MR) is 61.7 cm³/mol. The van der Waals surface area contributed by atoms with E-state index in [0.717, 1.165) is 0 Å². The first-order chi connectivity index (χ1) is 6.76. The fourth-order valence-corrected chi connectivity index (χ4v) is 1.26. The van der Waals surface area contributed by atoms with Gasteiger partial charge in [0.15, 0.2) is 0 Å². The van der Waals surface area contributed by atoms with E-state index in [1.807, 2.05) is 34.6 Å². The number of carbonyl (C=O) groups is 1. The molecule has 0 aliphatic heterocycles. The van der Waals surface area contributed by atoms with Crippen LogP contribution in [-0.2, 0) is 0 Å². The molecular weight excluding hydrogens is 192 g/mol. The minimum atomic E-state index is -0.231. The SMILES string of the molecule is CC(C)C(CCO)NC(=O)NC(C)(C)C. The van der Waals surface area contributed by atoms with E-state index in [1.54, 1.807) is 0 Å². The Morgan fingerprint density at radius 2 is 1.87 bits per heavy atom. The number of hydrogen-bond donors (Lipinski definition) is 3. The highest BCUT2D eigenvalue weighted by Gasteiger charge is 2.18. The van der Waals surface area contributed by atoms with E-state index in [1.165, 1.54) is 0 Å². The van der Waals surface area contributed by atoms with Gasteiger partial charge in [-0.15, -0.1) is 0 Å². The van der Waals surface area contributed by atoms with Crippen molar-refractivity contribution in [3.8, 4) is 0 Å². The Hall–Kier alpha value is -0.770. The zero-order valence-electron chi connectivity index (χ0n) is 10.4. The third-order valence-corrected chi connectivity index (χ3v) is 2.05. The average molecular weight is 216 g/mol. The second-order valence-electron chi connectivity index (χ2n) is 5.21. The number of hydrogen-bond acceptors (Lipinski definition) is 2. The van der Waals surface area contributed by atoms with Gasteiger partial charge < -0.3 is 15.7 Å². The van der Waals surface area contributed by atoms with E-state index in [2.05, 4.69) is 10.6 Å². The Bertz CT molecular complexity index is 197. The number of rotatable bonds is 4. The topological polar surface area (TPSA) is 61.4 Å². The molecule has 0 saturated carbocycles. The Morgan fingerprint density at radius 1 is 1.33 bits per heavy atom. The van der Waals surface area contributed by atoms with Gasteiger partial charge in [-0.25, -0.2) is 4.79 Å². The number of aliphatic hydroxyl groups excluding tert-OH is 1. The highest BCUT2D eigenvalue weighted by molar-refractivity contribution is 5.74. The lowest BCUT2D eigenvalue weighted by atomic mass is 10.0. The summed E-state index contributed by atoms with van der Waals surface area (Å²) >= 11 is 0. The second kappa shape index (κ2) is 5.95. The van der Waals surface area contributed by atoms with Crippen LogP contribution in [0.5, 0.6) is 0 Å². The Balaban J connectivity index is 4.11. The molecule has 0 rings (SSSR count). The van der Waals surface area contributed by atoms with Crippen molar-refractivity contribution in [2.75, 3.05) is 6.61 Å². The molecule has 0 spiro atoms. The Morgan fingerprint density at radius 3 is 2.20 bits per heavy atom. The van der Waals surface area contributed by atoms with Gasteiger partial charge in [0.1, 0.15) is 0 Å². The largest absolute Gasteiger partial charge is 0.396 e. The Labute approximate surface area is 92.4 Å². The van der Waals surface area contributed by atoms with Gasteiger partial charge in [0, 0.05) is 18.2 Å². The van der Waals surface area contributed by atoms with Gasteiger partial charge in [-0.2, -0.15) is 0 Å². The minimum Gasteiger partial charge on any atom is -0.396 e. The summed E-state index contributed by atoms with van der Waals surface area (Å²) in [6, 6.07) is -0.146. The molecule has 0 aromatic rings. The van der Waals surface area contributed by atoms with Crippen LogP contribution in [0.2, 0.25) is 0 Å². The smallest absolute Gasteiger partial charge is 0.315 e. The molecule has 0 aliphatic carbocycles. The Kier molecular flexibility index (Phi) is 5.65. The summed E-state index contributed by atoms with van der Waals surface area (Å²) in [5.74, 6) is 0.322.